The highest BCUT2D eigenvalue weighted by molar-refractivity contribution is 6.42. The fourth-order valence-corrected chi connectivity index (χ4v) is 1.86. The minimum atomic E-state index is 0.488. The number of rotatable bonds is 6. The molecule has 0 aliphatic rings. The molecule has 20 heavy (non-hydrogen) atoms. The molecular formula is C15H15Cl2NO2. The Morgan fingerprint density at radius 3 is 2.05 bits per heavy atom. The molecule has 5 heteroatoms. The van der Waals surface area contributed by atoms with E-state index in [4.69, 9.17) is 38.4 Å². The fraction of sp³-hybridized carbons (Fsp3) is 0.200. The standard InChI is InChI=1S/C15H15Cl2NO2/c16-14-7-6-13(10-15(14)17)20-9-1-8-19-12-4-2-11(18)3-5-12/h2-7,10H,1,8-9,18H2. The van der Waals surface area contributed by atoms with Crippen LogP contribution in [0.4, 0.5) is 5.69 Å². The molecule has 0 heterocycles. The number of nitrogen functional groups attached to an aromatic ring is 1. The van der Waals surface area contributed by atoms with Crippen LogP contribution in [0.5, 0.6) is 11.5 Å². The molecule has 0 atom stereocenters. The zero-order chi connectivity index (χ0) is 14.4. The van der Waals surface area contributed by atoms with E-state index in [1.165, 1.54) is 0 Å². The molecule has 0 aliphatic heterocycles. The van der Waals surface area contributed by atoms with Gasteiger partial charge in [0.15, 0.2) is 0 Å². The molecule has 106 valence electrons. The van der Waals surface area contributed by atoms with Gasteiger partial charge in [-0.3, -0.25) is 0 Å². The van der Waals surface area contributed by atoms with Crippen molar-refractivity contribution < 1.29 is 9.47 Å². The maximum Gasteiger partial charge on any atom is 0.120 e. The van der Waals surface area contributed by atoms with E-state index in [1.807, 2.05) is 24.3 Å². The van der Waals surface area contributed by atoms with Crippen LogP contribution in [0.1, 0.15) is 6.42 Å². The second-order valence-corrected chi connectivity index (χ2v) is 5.01. The van der Waals surface area contributed by atoms with Crippen LogP contribution in [0, 0.1) is 0 Å². The Kier molecular flexibility index (Phi) is 5.39. The SMILES string of the molecule is Nc1ccc(OCCCOc2ccc(Cl)c(Cl)c2)cc1. The van der Waals surface area contributed by atoms with Gasteiger partial charge >= 0.3 is 0 Å². The zero-order valence-corrected chi connectivity index (χ0v) is 12.3. The van der Waals surface area contributed by atoms with E-state index in [2.05, 4.69) is 0 Å². The Morgan fingerprint density at radius 1 is 0.800 bits per heavy atom. The molecule has 0 radical (unpaired) electrons. The molecule has 0 unspecified atom stereocenters. The summed E-state index contributed by atoms with van der Waals surface area (Å²) in [5.74, 6) is 1.50. The maximum absolute atomic E-state index is 5.90. The molecule has 0 saturated heterocycles. The van der Waals surface area contributed by atoms with E-state index in [-0.39, 0.29) is 0 Å². The number of halogens is 2. The summed E-state index contributed by atoms with van der Waals surface area (Å²) in [5, 5.41) is 1.01. The number of hydrogen-bond acceptors (Lipinski definition) is 3. The van der Waals surface area contributed by atoms with Gasteiger partial charge in [0, 0.05) is 18.2 Å². The third kappa shape index (κ3) is 4.51. The quantitative estimate of drug-likeness (QED) is 0.634. The molecule has 0 saturated carbocycles. The van der Waals surface area contributed by atoms with Crippen LogP contribution in [0.2, 0.25) is 10.0 Å². The van der Waals surface area contributed by atoms with E-state index < -0.39 is 0 Å². The number of benzene rings is 2. The number of ether oxygens (including phenoxy) is 2. The van der Waals surface area contributed by atoms with E-state index in [1.54, 1.807) is 18.2 Å². The third-order valence-electron chi connectivity index (χ3n) is 2.60. The van der Waals surface area contributed by atoms with Gasteiger partial charge in [0.05, 0.1) is 23.3 Å². The van der Waals surface area contributed by atoms with E-state index in [0.29, 0.717) is 29.0 Å². The molecule has 0 spiro atoms. The smallest absolute Gasteiger partial charge is 0.120 e. The van der Waals surface area contributed by atoms with Crippen molar-refractivity contribution in [3.8, 4) is 11.5 Å². The summed E-state index contributed by atoms with van der Waals surface area (Å²) in [6, 6.07) is 12.5. The molecule has 0 amide bonds. The highest BCUT2D eigenvalue weighted by Gasteiger charge is 2.00. The highest BCUT2D eigenvalue weighted by atomic mass is 35.5. The van der Waals surface area contributed by atoms with Gasteiger partial charge in [0.2, 0.25) is 0 Å². The van der Waals surface area contributed by atoms with Crippen LogP contribution >= 0.6 is 23.2 Å². The van der Waals surface area contributed by atoms with Crippen molar-refractivity contribution in [3.63, 3.8) is 0 Å². The third-order valence-corrected chi connectivity index (χ3v) is 3.34. The highest BCUT2D eigenvalue weighted by Crippen LogP contribution is 2.26. The Hall–Kier alpha value is -1.58. The Labute approximate surface area is 128 Å². The molecular weight excluding hydrogens is 297 g/mol. The first kappa shape index (κ1) is 14.8. The molecule has 0 bridgehead atoms. The van der Waals surface area contributed by atoms with Crippen molar-refractivity contribution in [3.05, 3.63) is 52.5 Å². The average molecular weight is 312 g/mol. The predicted molar refractivity (Wildman–Crippen MR) is 82.9 cm³/mol. The molecule has 2 N–H and O–H groups in total. The van der Waals surface area contributed by atoms with Crippen molar-refractivity contribution in [2.45, 2.75) is 6.42 Å². The van der Waals surface area contributed by atoms with Gasteiger partial charge in [0.25, 0.3) is 0 Å². The molecule has 0 aromatic heterocycles. The van der Waals surface area contributed by atoms with E-state index in [0.717, 1.165) is 17.9 Å². The second-order valence-electron chi connectivity index (χ2n) is 4.20. The lowest BCUT2D eigenvalue weighted by molar-refractivity contribution is 0.247. The van der Waals surface area contributed by atoms with Crippen LogP contribution in [0.25, 0.3) is 0 Å². The minimum Gasteiger partial charge on any atom is -0.493 e. The minimum absolute atomic E-state index is 0.488. The molecule has 2 aromatic rings. The molecule has 0 fully saturated rings. The summed E-state index contributed by atoms with van der Waals surface area (Å²) < 4.78 is 11.1. The second kappa shape index (κ2) is 7.27. The van der Waals surface area contributed by atoms with Crippen LogP contribution in [0.15, 0.2) is 42.5 Å². The van der Waals surface area contributed by atoms with Gasteiger partial charge in [0.1, 0.15) is 11.5 Å². The topological polar surface area (TPSA) is 44.5 Å². The lowest BCUT2D eigenvalue weighted by Gasteiger charge is -2.08. The van der Waals surface area contributed by atoms with E-state index >= 15 is 0 Å². The first-order valence-electron chi connectivity index (χ1n) is 6.21. The van der Waals surface area contributed by atoms with Crippen LogP contribution in [-0.2, 0) is 0 Å². The summed E-state index contributed by atoms with van der Waals surface area (Å²) in [4.78, 5) is 0. The Balaban J connectivity index is 1.68. The Bertz CT molecular complexity index is 558. The average Bonchev–Trinajstić information content (AvgIpc) is 2.44. The normalized spacial score (nSPS) is 10.3. The number of hydrogen-bond donors (Lipinski definition) is 1. The van der Waals surface area contributed by atoms with Gasteiger partial charge in [-0.15, -0.1) is 0 Å². The lowest BCUT2D eigenvalue weighted by atomic mass is 10.3. The van der Waals surface area contributed by atoms with Gasteiger partial charge in [-0.1, -0.05) is 23.2 Å². The monoisotopic (exact) mass is 311 g/mol. The van der Waals surface area contributed by atoms with Gasteiger partial charge in [-0.05, 0) is 36.4 Å². The van der Waals surface area contributed by atoms with Crippen molar-refractivity contribution in [2.24, 2.45) is 0 Å². The molecule has 2 rings (SSSR count). The molecule has 0 aliphatic carbocycles. The number of nitrogens with two attached hydrogens (primary N) is 1. The van der Waals surface area contributed by atoms with Crippen molar-refractivity contribution >= 4 is 28.9 Å². The first-order chi connectivity index (χ1) is 9.65. The van der Waals surface area contributed by atoms with Crippen molar-refractivity contribution in [2.75, 3.05) is 18.9 Å². The summed E-state index contributed by atoms with van der Waals surface area (Å²) in [5.41, 5.74) is 6.32. The summed E-state index contributed by atoms with van der Waals surface area (Å²) >= 11 is 11.7. The van der Waals surface area contributed by atoms with Crippen LogP contribution < -0.4 is 15.2 Å². The zero-order valence-electron chi connectivity index (χ0n) is 10.8. The largest absolute Gasteiger partial charge is 0.493 e. The van der Waals surface area contributed by atoms with Gasteiger partial charge in [-0.25, -0.2) is 0 Å². The van der Waals surface area contributed by atoms with Gasteiger partial charge in [-0.2, -0.15) is 0 Å². The maximum atomic E-state index is 5.90. The summed E-state index contributed by atoms with van der Waals surface area (Å²) in [7, 11) is 0. The molecule has 2 aromatic carbocycles. The predicted octanol–water partition coefficient (Wildman–Crippen LogP) is 4.42. The molecule has 3 nitrogen and oxygen atoms in total. The van der Waals surface area contributed by atoms with Crippen LogP contribution in [-0.4, -0.2) is 13.2 Å². The Morgan fingerprint density at radius 2 is 1.40 bits per heavy atom. The fourth-order valence-electron chi connectivity index (χ4n) is 1.57. The lowest BCUT2D eigenvalue weighted by Crippen LogP contribution is -2.05. The van der Waals surface area contributed by atoms with Crippen molar-refractivity contribution in [1.29, 1.82) is 0 Å². The number of anilines is 1. The summed E-state index contributed by atoms with van der Waals surface area (Å²) in [6.07, 6.45) is 0.768. The van der Waals surface area contributed by atoms with Crippen LogP contribution in [0.3, 0.4) is 0 Å². The van der Waals surface area contributed by atoms with Crippen molar-refractivity contribution in [1.82, 2.24) is 0 Å². The summed E-state index contributed by atoms with van der Waals surface area (Å²) in [6.45, 7) is 1.12. The first-order valence-corrected chi connectivity index (χ1v) is 6.97. The van der Waals surface area contributed by atoms with E-state index in [9.17, 15) is 0 Å². The van der Waals surface area contributed by atoms with Gasteiger partial charge < -0.3 is 15.2 Å².